The Bertz CT molecular complexity index is 411. The number of hydrogen-bond donors (Lipinski definition) is 1. The van der Waals surface area contributed by atoms with Crippen LogP contribution >= 0.6 is 0 Å². The highest BCUT2D eigenvalue weighted by atomic mass is 16.6. The maximum absolute atomic E-state index is 12.1. The van der Waals surface area contributed by atoms with Crippen molar-refractivity contribution in [2.45, 2.75) is 51.7 Å². The molecule has 0 spiro atoms. The van der Waals surface area contributed by atoms with E-state index in [-0.39, 0.29) is 17.9 Å². The molecule has 0 saturated carbocycles. The van der Waals surface area contributed by atoms with Crippen LogP contribution in [-0.4, -0.2) is 66.7 Å². The zero-order chi connectivity index (χ0) is 16.3. The molecule has 2 saturated heterocycles. The Morgan fingerprint density at radius 2 is 1.73 bits per heavy atom. The predicted octanol–water partition coefficient (Wildman–Crippen LogP) is 1.45. The highest BCUT2D eigenvalue weighted by Crippen LogP contribution is 2.25. The van der Waals surface area contributed by atoms with Crippen LogP contribution in [0.3, 0.4) is 0 Å². The lowest BCUT2D eigenvalue weighted by Gasteiger charge is -2.37. The number of nitrogens with one attached hydrogen (secondary N) is 1. The van der Waals surface area contributed by atoms with Gasteiger partial charge in [-0.25, -0.2) is 4.79 Å². The SMILES string of the molecule is CNC(=O)[C@@H]1CCN(C2CCN(C(=O)OC(C)(C)C)CC2)C1. The van der Waals surface area contributed by atoms with Crippen LogP contribution in [0.25, 0.3) is 0 Å². The first-order valence-electron chi connectivity index (χ1n) is 8.23. The minimum absolute atomic E-state index is 0.119. The van der Waals surface area contributed by atoms with Gasteiger partial charge in [0.25, 0.3) is 0 Å². The molecule has 2 aliphatic rings. The van der Waals surface area contributed by atoms with Gasteiger partial charge in [-0.05, 0) is 46.6 Å². The summed E-state index contributed by atoms with van der Waals surface area (Å²) in [4.78, 5) is 28.0. The lowest BCUT2D eigenvalue weighted by atomic mass is 10.0. The van der Waals surface area contributed by atoms with E-state index < -0.39 is 5.60 Å². The molecule has 22 heavy (non-hydrogen) atoms. The van der Waals surface area contributed by atoms with E-state index in [9.17, 15) is 9.59 Å². The van der Waals surface area contributed by atoms with Gasteiger partial charge in [0, 0.05) is 32.7 Å². The van der Waals surface area contributed by atoms with E-state index in [1.165, 1.54) is 0 Å². The van der Waals surface area contributed by atoms with E-state index in [2.05, 4.69) is 10.2 Å². The zero-order valence-corrected chi connectivity index (χ0v) is 14.2. The van der Waals surface area contributed by atoms with Crippen molar-refractivity contribution >= 4 is 12.0 Å². The van der Waals surface area contributed by atoms with Gasteiger partial charge in [-0.1, -0.05) is 0 Å². The molecule has 0 aromatic heterocycles. The van der Waals surface area contributed by atoms with Crippen molar-refractivity contribution in [3.63, 3.8) is 0 Å². The van der Waals surface area contributed by atoms with Gasteiger partial charge in [0.2, 0.25) is 5.91 Å². The molecule has 0 aliphatic carbocycles. The molecule has 6 heteroatoms. The quantitative estimate of drug-likeness (QED) is 0.838. The number of amides is 2. The fourth-order valence-electron chi connectivity index (χ4n) is 3.28. The van der Waals surface area contributed by atoms with Crippen molar-refractivity contribution in [1.29, 1.82) is 0 Å². The molecule has 6 nitrogen and oxygen atoms in total. The summed E-state index contributed by atoms with van der Waals surface area (Å²) in [6.07, 6.45) is 2.64. The molecule has 1 N–H and O–H groups in total. The van der Waals surface area contributed by atoms with E-state index in [1.54, 1.807) is 11.9 Å². The molecule has 2 amide bonds. The third kappa shape index (κ3) is 4.35. The summed E-state index contributed by atoms with van der Waals surface area (Å²) in [7, 11) is 1.70. The fourth-order valence-corrected chi connectivity index (χ4v) is 3.28. The maximum atomic E-state index is 12.1. The van der Waals surface area contributed by atoms with Crippen LogP contribution in [-0.2, 0) is 9.53 Å². The molecule has 0 unspecified atom stereocenters. The van der Waals surface area contributed by atoms with Crippen LogP contribution in [0.1, 0.15) is 40.0 Å². The molecule has 126 valence electrons. The summed E-state index contributed by atoms with van der Waals surface area (Å²) >= 11 is 0. The van der Waals surface area contributed by atoms with E-state index in [0.29, 0.717) is 6.04 Å². The Labute approximate surface area is 133 Å². The van der Waals surface area contributed by atoms with Crippen LogP contribution in [0, 0.1) is 5.92 Å². The Hall–Kier alpha value is -1.30. The number of carbonyl (C=O) groups is 2. The number of ether oxygens (including phenoxy) is 1. The number of carbonyl (C=O) groups excluding carboxylic acids is 2. The summed E-state index contributed by atoms with van der Waals surface area (Å²) in [5.41, 5.74) is -0.441. The average Bonchev–Trinajstić information content (AvgIpc) is 2.94. The van der Waals surface area contributed by atoms with Crippen LogP contribution in [0.15, 0.2) is 0 Å². The van der Waals surface area contributed by atoms with Gasteiger partial charge < -0.3 is 15.0 Å². The first-order valence-corrected chi connectivity index (χ1v) is 8.23. The van der Waals surface area contributed by atoms with Crippen molar-refractivity contribution in [3.8, 4) is 0 Å². The second-order valence-electron chi connectivity index (χ2n) is 7.29. The molecule has 2 aliphatic heterocycles. The number of rotatable bonds is 2. The zero-order valence-electron chi connectivity index (χ0n) is 14.2. The third-order valence-corrected chi connectivity index (χ3v) is 4.47. The van der Waals surface area contributed by atoms with Crippen molar-refractivity contribution in [3.05, 3.63) is 0 Å². The Balaban J connectivity index is 1.78. The molecule has 2 heterocycles. The topological polar surface area (TPSA) is 61.9 Å². The van der Waals surface area contributed by atoms with Gasteiger partial charge in [0.15, 0.2) is 0 Å². The minimum Gasteiger partial charge on any atom is -0.444 e. The molecule has 2 rings (SSSR count). The Morgan fingerprint density at radius 3 is 2.27 bits per heavy atom. The normalized spacial score (nSPS) is 24.4. The van der Waals surface area contributed by atoms with E-state index in [0.717, 1.165) is 45.4 Å². The minimum atomic E-state index is -0.441. The molecule has 1 atom stereocenters. The van der Waals surface area contributed by atoms with E-state index in [4.69, 9.17) is 4.74 Å². The largest absolute Gasteiger partial charge is 0.444 e. The lowest BCUT2D eigenvalue weighted by molar-refractivity contribution is -0.124. The average molecular weight is 311 g/mol. The fraction of sp³-hybridized carbons (Fsp3) is 0.875. The van der Waals surface area contributed by atoms with Gasteiger partial charge in [-0.15, -0.1) is 0 Å². The van der Waals surface area contributed by atoms with Crippen molar-refractivity contribution in [2.24, 2.45) is 5.92 Å². The highest BCUT2D eigenvalue weighted by Gasteiger charge is 2.34. The third-order valence-electron chi connectivity index (χ3n) is 4.47. The monoisotopic (exact) mass is 311 g/mol. The Morgan fingerprint density at radius 1 is 1.09 bits per heavy atom. The van der Waals surface area contributed by atoms with Crippen molar-refractivity contribution in [1.82, 2.24) is 15.1 Å². The summed E-state index contributed by atoms with van der Waals surface area (Å²) in [5, 5.41) is 2.74. The second kappa shape index (κ2) is 6.86. The summed E-state index contributed by atoms with van der Waals surface area (Å²) in [6, 6.07) is 0.480. The van der Waals surface area contributed by atoms with Gasteiger partial charge in [0.05, 0.1) is 5.92 Å². The summed E-state index contributed by atoms with van der Waals surface area (Å²) < 4.78 is 5.42. The van der Waals surface area contributed by atoms with Crippen LogP contribution < -0.4 is 5.32 Å². The van der Waals surface area contributed by atoms with Gasteiger partial charge in [-0.2, -0.15) is 0 Å². The molecule has 0 aromatic carbocycles. The summed E-state index contributed by atoms with van der Waals surface area (Å²) in [5.74, 6) is 0.266. The van der Waals surface area contributed by atoms with Gasteiger partial charge in [0.1, 0.15) is 5.60 Å². The Kier molecular flexibility index (Phi) is 5.32. The number of hydrogen-bond acceptors (Lipinski definition) is 4. The number of piperidine rings is 1. The van der Waals surface area contributed by atoms with Crippen molar-refractivity contribution in [2.75, 3.05) is 33.2 Å². The highest BCUT2D eigenvalue weighted by molar-refractivity contribution is 5.78. The standard InChI is InChI=1S/C16H29N3O3/c1-16(2,3)22-15(21)18-9-6-13(7-10-18)19-8-5-12(11-19)14(20)17-4/h12-13H,5-11H2,1-4H3,(H,17,20)/t12-/m1/s1. The van der Waals surface area contributed by atoms with E-state index >= 15 is 0 Å². The van der Waals surface area contributed by atoms with Crippen LogP contribution in [0.4, 0.5) is 4.79 Å². The number of likely N-dealkylation sites (tertiary alicyclic amines) is 2. The summed E-state index contributed by atoms with van der Waals surface area (Å²) in [6.45, 7) is 8.97. The first-order chi connectivity index (χ1) is 10.3. The first kappa shape index (κ1) is 17.1. The predicted molar refractivity (Wildman–Crippen MR) is 84.6 cm³/mol. The smallest absolute Gasteiger partial charge is 0.410 e. The molecule has 0 bridgehead atoms. The maximum Gasteiger partial charge on any atom is 0.410 e. The van der Waals surface area contributed by atoms with E-state index in [1.807, 2.05) is 20.8 Å². The van der Waals surface area contributed by atoms with Gasteiger partial charge >= 0.3 is 6.09 Å². The lowest BCUT2D eigenvalue weighted by Crippen LogP contribution is -2.47. The molecule has 0 radical (unpaired) electrons. The number of nitrogens with zero attached hydrogens (tertiary/aromatic N) is 2. The molecular weight excluding hydrogens is 282 g/mol. The van der Waals surface area contributed by atoms with Crippen LogP contribution in [0.5, 0.6) is 0 Å². The molecule has 0 aromatic rings. The van der Waals surface area contributed by atoms with Crippen LogP contribution in [0.2, 0.25) is 0 Å². The van der Waals surface area contributed by atoms with Gasteiger partial charge in [-0.3, -0.25) is 9.69 Å². The second-order valence-corrected chi connectivity index (χ2v) is 7.29. The molecule has 2 fully saturated rings. The van der Waals surface area contributed by atoms with Crippen molar-refractivity contribution < 1.29 is 14.3 Å². The molecular formula is C16H29N3O3.